The average Bonchev–Trinajstić information content (AvgIpc) is 2.80. The van der Waals surface area contributed by atoms with Crippen LogP contribution in [0.5, 0.6) is 0 Å². The molecule has 0 atom stereocenters. The van der Waals surface area contributed by atoms with Crippen LogP contribution in [-0.2, 0) is 0 Å². The lowest BCUT2D eigenvalue weighted by atomic mass is 9.90. The number of hydrogen-bond acceptors (Lipinski definition) is 8. The molecule has 1 aliphatic rings. The third-order valence-corrected chi connectivity index (χ3v) is 4.81. The van der Waals surface area contributed by atoms with Crippen molar-refractivity contribution in [2.45, 2.75) is 0 Å². The Kier molecular flexibility index (Phi) is 5.17. The Hall–Kier alpha value is -4.86. The van der Waals surface area contributed by atoms with Gasteiger partial charge in [0.25, 0.3) is 11.4 Å². The smallest absolute Gasteiger partial charge is 0.299 e. The number of fused-ring (bicyclic) bond motifs is 1. The summed E-state index contributed by atoms with van der Waals surface area (Å²) in [5, 5.41) is 28.1. The Morgan fingerprint density at radius 2 is 1.22 bits per heavy atom. The zero-order valence-corrected chi connectivity index (χ0v) is 16.3. The molecule has 0 fully saturated rings. The third kappa shape index (κ3) is 3.67. The van der Waals surface area contributed by atoms with Gasteiger partial charge in [0.2, 0.25) is 11.6 Å². The zero-order valence-electron chi connectivity index (χ0n) is 16.3. The number of nitro groups is 2. The number of Topliss-reactive ketones (excluding diaryl/α,β-unsaturated/α-hetero) is 2. The van der Waals surface area contributed by atoms with E-state index >= 15 is 0 Å². The van der Waals surface area contributed by atoms with E-state index in [0.717, 1.165) is 18.2 Å². The number of nitrogens with one attached hydrogen (secondary N) is 2. The molecule has 0 unspecified atom stereocenters. The van der Waals surface area contributed by atoms with E-state index in [9.17, 15) is 29.8 Å². The summed E-state index contributed by atoms with van der Waals surface area (Å²) in [5.41, 5.74) is -0.672. The number of non-ortho nitro benzene ring substituents is 1. The second-order valence-electron chi connectivity index (χ2n) is 6.79. The summed E-state index contributed by atoms with van der Waals surface area (Å²) < 4.78 is 0. The molecule has 0 spiro atoms. The van der Waals surface area contributed by atoms with Crippen LogP contribution in [0.15, 0.2) is 84.2 Å². The van der Waals surface area contributed by atoms with Crippen molar-refractivity contribution in [1.29, 1.82) is 0 Å². The molecule has 4 rings (SSSR count). The van der Waals surface area contributed by atoms with Crippen LogP contribution in [0.2, 0.25) is 0 Å². The molecule has 0 amide bonds. The maximum atomic E-state index is 13.2. The van der Waals surface area contributed by atoms with E-state index in [1.165, 1.54) is 12.1 Å². The van der Waals surface area contributed by atoms with Gasteiger partial charge < -0.3 is 10.6 Å². The first kappa shape index (κ1) is 20.4. The van der Waals surface area contributed by atoms with Crippen molar-refractivity contribution in [1.82, 2.24) is 0 Å². The van der Waals surface area contributed by atoms with Crippen LogP contribution in [0, 0.1) is 20.2 Å². The number of rotatable bonds is 6. The van der Waals surface area contributed by atoms with Crippen LogP contribution in [0.3, 0.4) is 0 Å². The minimum atomic E-state index is -0.802. The van der Waals surface area contributed by atoms with Gasteiger partial charge in [-0.15, -0.1) is 0 Å². The van der Waals surface area contributed by atoms with Crippen LogP contribution in [0.1, 0.15) is 20.7 Å². The highest BCUT2D eigenvalue weighted by atomic mass is 16.6. The fraction of sp³-hybridized carbons (Fsp3) is 0. The molecule has 32 heavy (non-hydrogen) atoms. The predicted octanol–water partition coefficient (Wildman–Crippen LogP) is 4.32. The van der Waals surface area contributed by atoms with Crippen LogP contribution in [-0.4, -0.2) is 21.4 Å². The SMILES string of the molecule is O=C1C(Nc2ccccc2)=C(Nc2ccc([N+](=O)[O-])cc2[N+](=O)[O-])C(=O)c2ccccc21. The largest absolute Gasteiger partial charge is 0.350 e. The quantitative estimate of drug-likeness (QED) is 0.434. The van der Waals surface area contributed by atoms with Crippen molar-refractivity contribution >= 4 is 34.3 Å². The highest BCUT2D eigenvalue weighted by Gasteiger charge is 2.34. The van der Waals surface area contributed by atoms with Gasteiger partial charge in [-0.1, -0.05) is 42.5 Å². The van der Waals surface area contributed by atoms with Crippen LogP contribution >= 0.6 is 0 Å². The number of benzene rings is 3. The number of nitro benzene ring substituents is 2. The summed E-state index contributed by atoms with van der Waals surface area (Å²) in [4.78, 5) is 47.4. The first-order valence-corrected chi connectivity index (χ1v) is 9.31. The summed E-state index contributed by atoms with van der Waals surface area (Å²) in [6, 6.07) is 17.9. The molecular weight excluding hydrogens is 416 g/mol. The molecule has 0 heterocycles. The van der Waals surface area contributed by atoms with Crippen LogP contribution in [0.4, 0.5) is 22.7 Å². The number of ketones is 2. The number of carbonyl (C=O) groups is 2. The first-order valence-electron chi connectivity index (χ1n) is 9.31. The average molecular weight is 430 g/mol. The molecule has 0 aromatic heterocycles. The molecule has 0 bridgehead atoms. The van der Waals surface area contributed by atoms with Gasteiger partial charge in [-0.25, -0.2) is 0 Å². The number of para-hydroxylation sites is 1. The fourth-order valence-corrected chi connectivity index (χ4v) is 3.30. The minimum Gasteiger partial charge on any atom is -0.350 e. The van der Waals surface area contributed by atoms with Crippen LogP contribution < -0.4 is 10.6 Å². The number of nitrogens with zero attached hydrogens (tertiary/aromatic N) is 2. The Labute approximate surface area is 180 Å². The second kappa shape index (κ2) is 8.11. The Bertz CT molecular complexity index is 1320. The maximum Gasteiger partial charge on any atom is 0.299 e. The lowest BCUT2D eigenvalue weighted by Crippen LogP contribution is -2.29. The number of carbonyl (C=O) groups excluding carboxylic acids is 2. The number of allylic oxidation sites excluding steroid dienone is 2. The normalized spacial score (nSPS) is 12.9. The van der Waals surface area contributed by atoms with E-state index in [1.54, 1.807) is 42.5 Å². The standard InChI is InChI=1S/C22H14N4O6/c27-21-15-8-4-5-9-16(15)22(28)20(19(21)23-13-6-2-1-3-7-13)24-17-11-10-14(25(29)30)12-18(17)26(31)32/h1-12,23-24H. The Morgan fingerprint density at radius 3 is 1.78 bits per heavy atom. The predicted molar refractivity (Wildman–Crippen MR) is 116 cm³/mol. The van der Waals surface area contributed by atoms with Crippen LogP contribution in [0.25, 0.3) is 0 Å². The molecule has 3 aromatic rings. The molecule has 0 saturated carbocycles. The molecule has 158 valence electrons. The molecule has 0 saturated heterocycles. The van der Waals surface area contributed by atoms with Crippen molar-refractivity contribution < 1.29 is 19.4 Å². The second-order valence-corrected chi connectivity index (χ2v) is 6.79. The molecule has 1 aliphatic carbocycles. The number of hydrogen-bond donors (Lipinski definition) is 2. The molecule has 10 nitrogen and oxygen atoms in total. The van der Waals surface area contributed by atoms with E-state index in [1.807, 2.05) is 0 Å². The Morgan fingerprint density at radius 1 is 0.656 bits per heavy atom. The third-order valence-electron chi connectivity index (χ3n) is 4.81. The van der Waals surface area contributed by atoms with Gasteiger partial charge in [0.1, 0.15) is 17.1 Å². The highest BCUT2D eigenvalue weighted by Crippen LogP contribution is 2.33. The van der Waals surface area contributed by atoms with Gasteiger partial charge in [0, 0.05) is 22.9 Å². The van der Waals surface area contributed by atoms with E-state index < -0.39 is 32.8 Å². The summed E-state index contributed by atoms with van der Waals surface area (Å²) >= 11 is 0. The summed E-state index contributed by atoms with van der Waals surface area (Å²) in [6.45, 7) is 0. The summed E-state index contributed by atoms with van der Waals surface area (Å²) in [6.07, 6.45) is 0. The van der Waals surface area contributed by atoms with E-state index in [-0.39, 0.29) is 28.2 Å². The van der Waals surface area contributed by atoms with Gasteiger partial charge in [0.05, 0.1) is 15.9 Å². The van der Waals surface area contributed by atoms with E-state index in [2.05, 4.69) is 10.6 Å². The minimum absolute atomic E-state index is 0.0902. The van der Waals surface area contributed by atoms with Gasteiger partial charge in [0.15, 0.2) is 0 Å². The zero-order chi connectivity index (χ0) is 22.8. The summed E-state index contributed by atoms with van der Waals surface area (Å²) in [5.74, 6) is -1.03. The maximum absolute atomic E-state index is 13.2. The topological polar surface area (TPSA) is 144 Å². The van der Waals surface area contributed by atoms with Crippen molar-refractivity contribution in [3.8, 4) is 0 Å². The van der Waals surface area contributed by atoms with Gasteiger partial charge in [-0.2, -0.15) is 0 Å². The van der Waals surface area contributed by atoms with Gasteiger partial charge in [-0.3, -0.25) is 29.8 Å². The monoisotopic (exact) mass is 430 g/mol. The number of anilines is 2. The van der Waals surface area contributed by atoms with E-state index in [0.29, 0.717) is 5.69 Å². The Balaban J connectivity index is 1.85. The molecule has 0 aliphatic heterocycles. The van der Waals surface area contributed by atoms with Gasteiger partial charge in [-0.05, 0) is 18.2 Å². The van der Waals surface area contributed by atoms with Gasteiger partial charge >= 0.3 is 0 Å². The highest BCUT2D eigenvalue weighted by molar-refractivity contribution is 6.28. The summed E-state index contributed by atoms with van der Waals surface area (Å²) in [7, 11) is 0. The first-order chi connectivity index (χ1) is 15.4. The molecule has 3 aromatic carbocycles. The molecule has 0 radical (unpaired) electrons. The molecule has 10 heteroatoms. The van der Waals surface area contributed by atoms with Crippen molar-refractivity contribution in [2.75, 3.05) is 10.6 Å². The molecular formula is C22H14N4O6. The van der Waals surface area contributed by atoms with Crippen molar-refractivity contribution in [3.63, 3.8) is 0 Å². The van der Waals surface area contributed by atoms with E-state index in [4.69, 9.17) is 0 Å². The lowest BCUT2D eigenvalue weighted by Gasteiger charge is -2.23. The molecule has 2 N–H and O–H groups in total. The fourth-order valence-electron chi connectivity index (χ4n) is 3.30. The lowest BCUT2D eigenvalue weighted by molar-refractivity contribution is -0.393. The van der Waals surface area contributed by atoms with Crippen molar-refractivity contribution in [2.24, 2.45) is 0 Å². The van der Waals surface area contributed by atoms with Crippen molar-refractivity contribution in [3.05, 3.63) is 116 Å².